The van der Waals surface area contributed by atoms with Crippen molar-refractivity contribution in [3.63, 3.8) is 0 Å². The van der Waals surface area contributed by atoms with E-state index >= 15 is 0 Å². The molecule has 0 radical (unpaired) electrons. The molecule has 0 spiro atoms. The Labute approximate surface area is 162 Å². The molecule has 2 aromatic carbocycles. The largest absolute Gasteiger partial charge is 0.482 e. The van der Waals surface area contributed by atoms with E-state index in [0.29, 0.717) is 10.8 Å². The van der Waals surface area contributed by atoms with E-state index in [9.17, 15) is 4.79 Å². The van der Waals surface area contributed by atoms with E-state index < -0.39 is 0 Å². The van der Waals surface area contributed by atoms with Gasteiger partial charge in [-0.15, -0.1) is 0 Å². The van der Waals surface area contributed by atoms with Gasteiger partial charge in [-0.2, -0.15) is 0 Å². The first-order chi connectivity index (χ1) is 11.7. The fourth-order valence-corrected chi connectivity index (χ4v) is 3.10. The fraction of sp³-hybridized carbons (Fsp3) is 0.350. The lowest BCUT2D eigenvalue weighted by Gasteiger charge is -2.20. The van der Waals surface area contributed by atoms with Gasteiger partial charge in [0.1, 0.15) is 5.75 Å². The summed E-state index contributed by atoms with van der Waals surface area (Å²) in [6.45, 7) is 8.41. The minimum Gasteiger partial charge on any atom is -0.482 e. The molecule has 0 bridgehead atoms. The number of carbonyl (C=O) groups is 1. The van der Waals surface area contributed by atoms with Gasteiger partial charge in [0, 0.05) is 4.47 Å². The van der Waals surface area contributed by atoms with Crippen LogP contribution in [0.5, 0.6) is 5.75 Å². The number of amides is 1. The predicted molar refractivity (Wildman–Crippen MR) is 106 cm³/mol. The summed E-state index contributed by atoms with van der Waals surface area (Å²) >= 11 is 9.41. The Morgan fingerprint density at radius 2 is 1.84 bits per heavy atom. The SMILES string of the molecule is C[C@H](NC(=O)COc1ccc(Br)cc1Cl)c1ccc(C(C)(C)C)cc1. The molecule has 2 rings (SSSR count). The Balaban J connectivity index is 1.91. The Kier molecular flexibility index (Phi) is 6.53. The topological polar surface area (TPSA) is 38.3 Å². The number of rotatable bonds is 5. The molecule has 1 atom stereocenters. The third-order valence-electron chi connectivity index (χ3n) is 3.91. The highest BCUT2D eigenvalue weighted by Crippen LogP contribution is 2.28. The number of hydrogen-bond acceptors (Lipinski definition) is 2. The number of benzene rings is 2. The highest BCUT2D eigenvalue weighted by molar-refractivity contribution is 9.10. The lowest BCUT2D eigenvalue weighted by Crippen LogP contribution is -2.31. The molecular formula is C20H23BrClNO2. The van der Waals surface area contributed by atoms with Crippen molar-refractivity contribution in [1.82, 2.24) is 5.32 Å². The summed E-state index contributed by atoms with van der Waals surface area (Å²) in [5.41, 5.74) is 2.44. The first-order valence-corrected chi connectivity index (χ1v) is 9.31. The molecule has 1 N–H and O–H groups in total. The summed E-state index contributed by atoms with van der Waals surface area (Å²) < 4.78 is 6.35. The van der Waals surface area contributed by atoms with Gasteiger partial charge in [0.25, 0.3) is 5.91 Å². The normalized spacial score (nSPS) is 12.6. The molecule has 0 aliphatic heterocycles. The molecule has 3 nitrogen and oxygen atoms in total. The number of halogens is 2. The summed E-state index contributed by atoms with van der Waals surface area (Å²) in [5.74, 6) is 0.300. The second-order valence-corrected chi connectivity index (χ2v) is 8.35. The van der Waals surface area contributed by atoms with Gasteiger partial charge in [0.05, 0.1) is 11.1 Å². The van der Waals surface area contributed by atoms with Crippen LogP contribution in [-0.2, 0) is 10.2 Å². The van der Waals surface area contributed by atoms with E-state index in [2.05, 4.69) is 66.3 Å². The zero-order valence-corrected chi connectivity index (χ0v) is 17.2. The minimum absolute atomic E-state index is 0.0776. The van der Waals surface area contributed by atoms with Gasteiger partial charge in [0.15, 0.2) is 6.61 Å². The quantitative estimate of drug-likeness (QED) is 0.673. The average molecular weight is 425 g/mol. The molecule has 134 valence electrons. The molecule has 0 heterocycles. The van der Waals surface area contributed by atoms with Gasteiger partial charge in [-0.25, -0.2) is 0 Å². The highest BCUT2D eigenvalue weighted by Gasteiger charge is 2.15. The van der Waals surface area contributed by atoms with Crippen molar-refractivity contribution in [3.8, 4) is 5.75 Å². The Hall–Kier alpha value is -1.52. The average Bonchev–Trinajstić information content (AvgIpc) is 2.53. The zero-order chi connectivity index (χ0) is 18.6. The number of nitrogens with one attached hydrogen (secondary N) is 1. The van der Waals surface area contributed by atoms with Crippen molar-refractivity contribution in [3.05, 3.63) is 63.1 Å². The maximum absolute atomic E-state index is 12.1. The van der Waals surface area contributed by atoms with Crippen LogP contribution in [-0.4, -0.2) is 12.5 Å². The molecule has 0 saturated carbocycles. The van der Waals surface area contributed by atoms with Crippen LogP contribution in [0.25, 0.3) is 0 Å². The van der Waals surface area contributed by atoms with Gasteiger partial charge in [-0.1, -0.05) is 72.6 Å². The lowest BCUT2D eigenvalue weighted by atomic mass is 9.86. The Morgan fingerprint density at radius 3 is 2.40 bits per heavy atom. The third-order valence-corrected chi connectivity index (χ3v) is 4.70. The van der Waals surface area contributed by atoms with Crippen molar-refractivity contribution >= 4 is 33.4 Å². The summed E-state index contributed by atoms with van der Waals surface area (Å²) in [5, 5.41) is 3.40. The predicted octanol–water partition coefficient (Wildman–Crippen LogP) is 5.66. The molecule has 0 fully saturated rings. The van der Waals surface area contributed by atoms with Gasteiger partial charge >= 0.3 is 0 Å². The van der Waals surface area contributed by atoms with Crippen LogP contribution in [0.3, 0.4) is 0 Å². The summed E-state index contributed by atoms with van der Waals surface area (Å²) in [7, 11) is 0. The van der Waals surface area contributed by atoms with Crippen LogP contribution < -0.4 is 10.1 Å². The lowest BCUT2D eigenvalue weighted by molar-refractivity contribution is -0.123. The maximum atomic E-state index is 12.1. The number of ether oxygens (including phenoxy) is 1. The van der Waals surface area contributed by atoms with E-state index in [0.717, 1.165) is 10.0 Å². The standard InChI is InChI=1S/C20H23BrClNO2/c1-13(14-5-7-15(8-6-14)20(2,3)4)23-19(24)12-25-18-10-9-16(21)11-17(18)22/h5-11,13H,12H2,1-4H3,(H,23,24)/t13-/m0/s1. The van der Waals surface area contributed by atoms with E-state index in [1.165, 1.54) is 5.56 Å². The van der Waals surface area contributed by atoms with E-state index in [4.69, 9.17) is 16.3 Å². The first-order valence-electron chi connectivity index (χ1n) is 8.14. The molecule has 0 aromatic heterocycles. The van der Waals surface area contributed by atoms with Crippen molar-refractivity contribution < 1.29 is 9.53 Å². The van der Waals surface area contributed by atoms with E-state index in [1.807, 2.05) is 13.0 Å². The smallest absolute Gasteiger partial charge is 0.258 e. The molecule has 0 aliphatic carbocycles. The first kappa shape index (κ1) is 19.8. The Bertz CT molecular complexity index is 738. The number of carbonyl (C=O) groups excluding carboxylic acids is 1. The molecule has 5 heteroatoms. The van der Waals surface area contributed by atoms with Crippen molar-refractivity contribution in [1.29, 1.82) is 0 Å². The van der Waals surface area contributed by atoms with Crippen LogP contribution in [0.4, 0.5) is 0 Å². The van der Waals surface area contributed by atoms with Gasteiger partial charge in [-0.3, -0.25) is 4.79 Å². The Morgan fingerprint density at radius 1 is 1.20 bits per heavy atom. The van der Waals surface area contributed by atoms with E-state index in [-0.39, 0.29) is 24.0 Å². The van der Waals surface area contributed by atoms with Crippen LogP contribution in [0, 0.1) is 0 Å². The monoisotopic (exact) mass is 423 g/mol. The second kappa shape index (κ2) is 8.24. The molecule has 0 saturated heterocycles. The molecule has 0 aliphatic rings. The van der Waals surface area contributed by atoms with Crippen LogP contribution in [0.15, 0.2) is 46.9 Å². The van der Waals surface area contributed by atoms with Crippen LogP contribution in [0.2, 0.25) is 5.02 Å². The van der Waals surface area contributed by atoms with E-state index in [1.54, 1.807) is 12.1 Å². The van der Waals surface area contributed by atoms with Crippen molar-refractivity contribution in [2.75, 3.05) is 6.61 Å². The van der Waals surface area contributed by atoms with Gasteiger partial charge in [-0.05, 0) is 41.7 Å². The minimum atomic E-state index is -0.189. The number of hydrogen-bond donors (Lipinski definition) is 1. The second-order valence-electron chi connectivity index (χ2n) is 7.02. The summed E-state index contributed by atoms with van der Waals surface area (Å²) in [6.07, 6.45) is 0. The summed E-state index contributed by atoms with van der Waals surface area (Å²) in [4.78, 5) is 12.1. The molecule has 1 amide bonds. The molecular weight excluding hydrogens is 402 g/mol. The van der Waals surface area contributed by atoms with Crippen molar-refractivity contribution in [2.24, 2.45) is 0 Å². The van der Waals surface area contributed by atoms with Gasteiger partial charge < -0.3 is 10.1 Å². The molecule has 25 heavy (non-hydrogen) atoms. The van der Waals surface area contributed by atoms with Crippen molar-refractivity contribution in [2.45, 2.75) is 39.2 Å². The maximum Gasteiger partial charge on any atom is 0.258 e. The van der Waals surface area contributed by atoms with Crippen LogP contribution >= 0.6 is 27.5 Å². The van der Waals surface area contributed by atoms with Crippen LogP contribution in [0.1, 0.15) is 44.9 Å². The molecule has 2 aromatic rings. The highest BCUT2D eigenvalue weighted by atomic mass is 79.9. The zero-order valence-electron chi connectivity index (χ0n) is 14.9. The van der Waals surface area contributed by atoms with Gasteiger partial charge in [0.2, 0.25) is 0 Å². The summed E-state index contributed by atoms with van der Waals surface area (Å²) in [6, 6.07) is 13.5. The fourth-order valence-electron chi connectivity index (χ4n) is 2.37. The third kappa shape index (κ3) is 5.75. The molecule has 0 unspecified atom stereocenters.